The molecule has 9 heteroatoms. The molecule has 0 aromatic heterocycles. The van der Waals surface area contributed by atoms with Crippen molar-refractivity contribution in [2.75, 3.05) is 13.7 Å². The molecule has 0 bridgehead atoms. The molecular weight excluding hydrogens is 547 g/mol. The van der Waals surface area contributed by atoms with Gasteiger partial charge in [-0.1, -0.05) is 23.7 Å². The Labute approximate surface area is 203 Å². The number of benzene rings is 3. The van der Waals surface area contributed by atoms with Crippen molar-refractivity contribution in [2.45, 2.75) is 0 Å². The lowest BCUT2D eigenvalue weighted by Crippen LogP contribution is -2.24. The highest BCUT2D eigenvalue weighted by molar-refractivity contribution is 14.1. The fourth-order valence-electron chi connectivity index (χ4n) is 2.52. The van der Waals surface area contributed by atoms with E-state index < -0.39 is 11.9 Å². The van der Waals surface area contributed by atoms with Gasteiger partial charge >= 0.3 is 5.97 Å². The van der Waals surface area contributed by atoms with Crippen molar-refractivity contribution in [3.05, 3.63) is 86.4 Å². The van der Waals surface area contributed by atoms with Gasteiger partial charge in [0.25, 0.3) is 5.91 Å². The van der Waals surface area contributed by atoms with Crippen LogP contribution in [-0.2, 0) is 4.79 Å². The largest absolute Gasteiger partial charge is 0.493 e. The average molecular weight is 565 g/mol. The summed E-state index contributed by atoms with van der Waals surface area (Å²) in [5, 5.41) is 4.48. The second-order valence-corrected chi connectivity index (χ2v) is 7.91. The molecule has 3 aromatic carbocycles. The van der Waals surface area contributed by atoms with Crippen molar-refractivity contribution < 1.29 is 23.8 Å². The zero-order valence-electron chi connectivity index (χ0n) is 16.9. The van der Waals surface area contributed by atoms with Crippen LogP contribution in [0.3, 0.4) is 0 Å². The van der Waals surface area contributed by atoms with Crippen LogP contribution in [0.2, 0.25) is 5.02 Å². The van der Waals surface area contributed by atoms with Gasteiger partial charge < -0.3 is 14.2 Å². The third-order valence-electron chi connectivity index (χ3n) is 4.07. The first-order valence-electron chi connectivity index (χ1n) is 9.31. The standard InChI is InChI=1S/C23H18ClIN2O5/c1-30-21-12-15(6-11-20(21)32-23(29)18-4-2-3-5-19(18)25)13-26-27-22(28)14-31-17-9-7-16(24)8-10-17/h2-13H,14H2,1H3,(H,27,28). The molecule has 0 fully saturated rings. The van der Waals surface area contributed by atoms with Gasteiger partial charge in [0.2, 0.25) is 0 Å². The first-order chi connectivity index (χ1) is 15.5. The molecule has 0 saturated carbocycles. The number of hydrazone groups is 1. The van der Waals surface area contributed by atoms with E-state index in [-0.39, 0.29) is 12.4 Å². The summed E-state index contributed by atoms with van der Waals surface area (Å²) in [5.41, 5.74) is 3.47. The summed E-state index contributed by atoms with van der Waals surface area (Å²) in [6.07, 6.45) is 1.44. The van der Waals surface area contributed by atoms with Gasteiger partial charge in [0.15, 0.2) is 18.1 Å². The number of amides is 1. The molecule has 0 atom stereocenters. The molecule has 0 aliphatic heterocycles. The van der Waals surface area contributed by atoms with Gasteiger partial charge in [0, 0.05) is 8.59 Å². The Morgan fingerprint density at radius 1 is 1.06 bits per heavy atom. The van der Waals surface area contributed by atoms with Crippen molar-refractivity contribution in [3.63, 3.8) is 0 Å². The van der Waals surface area contributed by atoms with Gasteiger partial charge in [-0.3, -0.25) is 4.79 Å². The number of nitrogens with zero attached hydrogens (tertiary/aromatic N) is 1. The number of methoxy groups -OCH3 is 1. The lowest BCUT2D eigenvalue weighted by molar-refractivity contribution is -0.123. The molecule has 32 heavy (non-hydrogen) atoms. The van der Waals surface area contributed by atoms with E-state index in [0.29, 0.717) is 27.6 Å². The number of carbonyl (C=O) groups is 2. The van der Waals surface area contributed by atoms with E-state index in [2.05, 4.69) is 33.1 Å². The maximum atomic E-state index is 12.4. The molecule has 0 spiro atoms. The number of halogens is 2. The maximum Gasteiger partial charge on any atom is 0.344 e. The monoisotopic (exact) mass is 564 g/mol. The fourth-order valence-corrected chi connectivity index (χ4v) is 3.25. The molecule has 0 aliphatic carbocycles. The Morgan fingerprint density at radius 3 is 2.53 bits per heavy atom. The van der Waals surface area contributed by atoms with Crippen LogP contribution in [0.25, 0.3) is 0 Å². The zero-order chi connectivity index (χ0) is 22.9. The van der Waals surface area contributed by atoms with Crippen LogP contribution in [0.15, 0.2) is 71.8 Å². The Kier molecular flexibility index (Phi) is 8.46. The zero-order valence-corrected chi connectivity index (χ0v) is 19.8. The molecule has 7 nitrogen and oxygen atoms in total. The third-order valence-corrected chi connectivity index (χ3v) is 5.26. The van der Waals surface area contributed by atoms with Crippen molar-refractivity contribution in [1.82, 2.24) is 5.43 Å². The summed E-state index contributed by atoms with van der Waals surface area (Å²) in [6.45, 7) is -0.199. The number of carbonyl (C=O) groups excluding carboxylic acids is 2. The first-order valence-corrected chi connectivity index (χ1v) is 10.8. The van der Waals surface area contributed by atoms with Gasteiger partial charge in [0.05, 0.1) is 18.9 Å². The quantitative estimate of drug-likeness (QED) is 0.141. The predicted octanol–water partition coefficient (Wildman–Crippen LogP) is 4.70. The predicted molar refractivity (Wildman–Crippen MR) is 130 cm³/mol. The highest BCUT2D eigenvalue weighted by atomic mass is 127. The third kappa shape index (κ3) is 6.69. The first kappa shape index (κ1) is 23.6. The molecule has 0 radical (unpaired) electrons. The van der Waals surface area contributed by atoms with Crippen molar-refractivity contribution in [1.29, 1.82) is 0 Å². The van der Waals surface area contributed by atoms with E-state index in [1.165, 1.54) is 13.3 Å². The minimum atomic E-state index is -0.484. The molecule has 1 N–H and O–H groups in total. The van der Waals surface area contributed by atoms with E-state index in [0.717, 1.165) is 3.57 Å². The normalized spacial score (nSPS) is 10.6. The van der Waals surface area contributed by atoms with Gasteiger partial charge in [-0.15, -0.1) is 0 Å². The summed E-state index contributed by atoms with van der Waals surface area (Å²) >= 11 is 7.88. The Balaban J connectivity index is 1.57. The number of ether oxygens (including phenoxy) is 3. The molecule has 3 rings (SSSR count). The minimum Gasteiger partial charge on any atom is -0.493 e. The van der Waals surface area contributed by atoms with Crippen LogP contribution >= 0.6 is 34.2 Å². The minimum absolute atomic E-state index is 0.199. The number of hydrogen-bond donors (Lipinski definition) is 1. The summed E-state index contributed by atoms with van der Waals surface area (Å²) < 4.78 is 16.9. The fraction of sp³-hybridized carbons (Fsp3) is 0.0870. The van der Waals surface area contributed by atoms with Crippen molar-refractivity contribution >= 4 is 52.3 Å². The topological polar surface area (TPSA) is 86.2 Å². The van der Waals surface area contributed by atoms with E-state index in [9.17, 15) is 9.59 Å². The highest BCUT2D eigenvalue weighted by Crippen LogP contribution is 2.29. The van der Waals surface area contributed by atoms with Crippen LogP contribution in [0, 0.1) is 3.57 Å². The molecule has 3 aromatic rings. The summed E-state index contributed by atoms with van der Waals surface area (Å²) in [4.78, 5) is 24.3. The molecule has 0 unspecified atom stereocenters. The maximum absolute atomic E-state index is 12.4. The molecule has 1 amide bonds. The van der Waals surface area contributed by atoms with Crippen molar-refractivity contribution in [2.24, 2.45) is 5.10 Å². The van der Waals surface area contributed by atoms with Gasteiger partial charge in [-0.05, 0) is 82.8 Å². The van der Waals surface area contributed by atoms with Crippen molar-refractivity contribution in [3.8, 4) is 17.2 Å². The summed E-state index contributed by atoms with van der Waals surface area (Å²) in [5.74, 6) is 0.239. The van der Waals surface area contributed by atoms with E-state index in [1.54, 1.807) is 54.6 Å². The molecule has 0 aliphatic rings. The van der Waals surface area contributed by atoms with Gasteiger partial charge in [0.1, 0.15) is 5.75 Å². The Hall–Kier alpha value is -3.11. The van der Waals surface area contributed by atoms with Crippen LogP contribution < -0.4 is 19.6 Å². The lowest BCUT2D eigenvalue weighted by Gasteiger charge is -2.10. The van der Waals surface area contributed by atoms with Crippen LogP contribution in [0.4, 0.5) is 0 Å². The smallest absolute Gasteiger partial charge is 0.344 e. The summed E-state index contributed by atoms with van der Waals surface area (Å²) in [6, 6.07) is 18.7. The number of rotatable bonds is 8. The average Bonchev–Trinajstić information content (AvgIpc) is 2.79. The summed E-state index contributed by atoms with van der Waals surface area (Å²) in [7, 11) is 1.47. The van der Waals surface area contributed by atoms with E-state index in [1.807, 2.05) is 12.1 Å². The molecule has 0 heterocycles. The number of esters is 1. The second kappa shape index (κ2) is 11.5. The van der Waals surface area contributed by atoms with Crippen LogP contribution in [0.1, 0.15) is 15.9 Å². The second-order valence-electron chi connectivity index (χ2n) is 6.32. The van der Waals surface area contributed by atoms with Crippen LogP contribution in [0.5, 0.6) is 17.2 Å². The Morgan fingerprint density at radius 2 is 1.81 bits per heavy atom. The Bertz CT molecular complexity index is 1140. The van der Waals surface area contributed by atoms with Gasteiger partial charge in [-0.2, -0.15) is 5.10 Å². The number of hydrogen-bond acceptors (Lipinski definition) is 6. The lowest BCUT2D eigenvalue weighted by atomic mass is 10.2. The SMILES string of the molecule is COc1cc(C=NNC(=O)COc2ccc(Cl)cc2)ccc1OC(=O)c1ccccc1I. The van der Waals surface area contributed by atoms with E-state index in [4.69, 9.17) is 25.8 Å². The molecule has 164 valence electrons. The highest BCUT2D eigenvalue weighted by Gasteiger charge is 2.15. The van der Waals surface area contributed by atoms with Gasteiger partial charge in [-0.25, -0.2) is 10.2 Å². The van der Waals surface area contributed by atoms with E-state index >= 15 is 0 Å². The molecule has 0 saturated heterocycles. The number of nitrogens with one attached hydrogen (secondary N) is 1. The van der Waals surface area contributed by atoms with Crippen LogP contribution in [-0.4, -0.2) is 31.8 Å². The molecular formula is C23H18ClIN2O5.